The van der Waals surface area contributed by atoms with Gasteiger partial charge in [-0.25, -0.2) is 4.99 Å². The fraction of sp³-hybridized carbons (Fsp3) is 0.167. The Labute approximate surface area is 138 Å². The summed E-state index contributed by atoms with van der Waals surface area (Å²) < 4.78 is 6.57. The lowest BCUT2D eigenvalue weighted by Gasteiger charge is -2.12. The van der Waals surface area contributed by atoms with Crippen LogP contribution in [0.2, 0.25) is 0 Å². The molecule has 0 bridgehead atoms. The number of hydrogen-bond acceptors (Lipinski definition) is 3. The summed E-state index contributed by atoms with van der Waals surface area (Å²) in [6.45, 7) is 3.47. The zero-order valence-corrected chi connectivity index (χ0v) is 13.9. The van der Waals surface area contributed by atoms with Crippen molar-refractivity contribution in [1.82, 2.24) is 0 Å². The first-order valence-electron chi connectivity index (χ1n) is 7.19. The number of aryl methyl sites for hydroxylation is 1. The van der Waals surface area contributed by atoms with E-state index in [-0.39, 0.29) is 0 Å². The van der Waals surface area contributed by atoms with E-state index >= 15 is 0 Å². The van der Waals surface area contributed by atoms with Crippen LogP contribution < -0.4 is 5.32 Å². The molecule has 1 heterocycles. The third-order valence-electron chi connectivity index (χ3n) is 3.36. The minimum Gasteiger partial charge on any atom is -0.476 e. The molecule has 0 saturated heterocycles. The summed E-state index contributed by atoms with van der Waals surface area (Å²) in [5, 5.41) is 3.45. The summed E-state index contributed by atoms with van der Waals surface area (Å²) >= 11 is 3.45. The molecule has 3 rings (SSSR count). The highest BCUT2D eigenvalue weighted by atomic mass is 79.9. The maximum atomic E-state index is 5.51. The van der Waals surface area contributed by atoms with E-state index < -0.39 is 0 Å². The fourth-order valence-corrected chi connectivity index (χ4v) is 2.44. The van der Waals surface area contributed by atoms with Crippen molar-refractivity contribution in [2.24, 2.45) is 4.99 Å². The van der Waals surface area contributed by atoms with Gasteiger partial charge in [-0.15, -0.1) is 0 Å². The van der Waals surface area contributed by atoms with E-state index in [1.54, 1.807) is 0 Å². The Balaban J connectivity index is 1.91. The number of nitrogens with one attached hydrogen (secondary N) is 1. The van der Waals surface area contributed by atoms with Crippen LogP contribution in [0.25, 0.3) is 5.70 Å². The van der Waals surface area contributed by atoms with Crippen LogP contribution in [0.3, 0.4) is 0 Å². The number of rotatable bonds is 4. The summed E-state index contributed by atoms with van der Waals surface area (Å²) in [6, 6.07) is 16.5. The predicted octanol–water partition coefficient (Wildman–Crippen LogP) is 4.64. The van der Waals surface area contributed by atoms with Gasteiger partial charge in [-0.2, -0.15) is 0 Å². The third kappa shape index (κ3) is 3.77. The molecule has 0 spiro atoms. The third-order valence-corrected chi connectivity index (χ3v) is 3.89. The van der Waals surface area contributed by atoms with Crippen LogP contribution in [-0.4, -0.2) is 19.0 Å². The lowest BCUT2D eigenvalue weighted by Crippen LogP contribution is -2.03. The van der Waals surface area contributed by atoms with E-state index in [1.807, 2.05) is 30.3 Å². The van der Waals surface area contributed by atoms with Crippen molar-refractivity contribution in [3.05, 3.63) is 70.2 Å². The molecular formula is C18H17BrN2O. The quantitative estimate of drug-likeness (QED) is 0.865. The van der Waals surface area contributed by atoms with Gasteiger partial charge in [0.2, 0.25) is 5.90 Å². The van der Waals surface area contributed by atoms with Gasteiger partial charge in [0.05, 0.1) is 12.2 Å². The van der Waals surface area contributed by atoms with Crippen LogP contribution in [0.5, 0.6) is 0 Å². The molecule has 2 aromatic carbocycles. The first-order chi connectivity index (χ1) is 10.7. The van der Waals surface area contributed by atoms with Crippen LogP contribution in [0.4, 0.5) is 5.69 Å². The first kappa shape index (κ1) is 14.9. The van der Waals surface area contributed by atoms with E-state index in [4.69, 9.17) is 4.74 Å². The molecule has 0 aromatic heterocycles. The second kappa shape index (κ2) is 6.79. The average Bonchev–Trinajstić information content (AvgIpc) is 3.03. The van der Waals surface area contributed by atoms with Crippen molar-refractivity contribution in [2.45, 2.75) is 6.92 Å². The van der Waals surface area contributed by atoms with Crippen molar-refractivity contribution in [3.8, 4) is 0 Å². The van der Waals surface area contributed by atoms with Crippen LogP contribution in [0, 0.1) is 6.92 Å². The van der Waals surface area contributed by atoms with Crippen molar-refractivity contribution in [2.75, 3.05) is 18.5 Å². The molecule has 1 aliphatic rings. The predicted molar refractivity (Wildman–Crippen MR) is 95.2 cm³/mol. The molecule has 0 saturated carbocycles. The molecule has 2 aromatic rings. The van der Waals surface area contributed by atoms with Crippen molar-refractivity contribution in [1.29, 1.82) is 0 Å². The Morgan fingerprint density at radius 1 is 1.14 bits per heavy atom. The number of nitrogens with zero attached hydrogens (tertiary/aromatic N) is 1. The van der Waals surface area contributed by atoms with Gasteiger partial charge in [0, 0.05) is 16.2 Å². The second-order valence-electron chi connectivity index (χ2n) is 5.12. The molecule has 0 atom stereocenters. The standard InChI is InChI=1S/C18H17BrN2O/c1-13-2-4-14(5-3-13)17(12-18-20-10-11-22-18)21-16-8-6-15(19)7-9-16/h2-9,12,21H,10-11H2,1H3. The Bertz CT molecular complexity index is 703. The number of halogens is 1. The van der Waals surface area contributed by atoms with Crippen molar-refractivity contribution < 1.29 is 4.74 Å². The molecule has 0 unspecified atom stereocenters. The average molecular weight is 357 g/mol. The van der Waals surface area contributed by atoms with Crippen LogP contribution >= 0.6 is 15.9 Å². The van der Waals surface area contributed by atoms with Gasteiger partial charge in [-0.05, 0) is 36.8 Å². The SMILES string of the molecule is Cc1ccc(C(=CC2=NCCO2)Nc2ccc(Br)cc2)cc1. The summed E-state index contributed by atoms with van der Waals surface area (Å²) in [5.41, 5.74) is 4.34. The molecule has 22 heavy (non-hydrogen) atoms. The molecule has 4 heteroatoms. The molecule has 0 fully saturated rings. The van der Waals surface area contributed by atoms with E-state index in [0.29, 0.717) is 12.5 Å². The van der Waals surface area contributed by atoms with Crippen molar-refractivity contribution >= 4 is 33.2 Å². The van der Waals surface area contributed by atoms with Crippen LogP contribution in [-0.2, 0) is 4.74 Å². The topological polar surface area (TPSA) is 33.6 Å². The minimum absolute atomic E-state index is 0.658. The Hall–Kier alpha value is -2.07. The van der Waals surface area contributed by atoms with Gasteiger partial charge in [-0.3, -0.25) is 0 Å². The summed E-state index contributed by atoms with van der Waals surface area (Å²) in [5.74, 6) is 0.681. The van der Waals surface area contributed by atoms with Crippen LogP contribution in [0.15, 0.2) is 64.1 Å². The highest BCUT2D eigenvalue weighted by Crippen LogP contribution is 2.21. The highest BCUT2D eigenvalue weighted by Gasteiger charge is 2.09. The molecule has 1 aliphatic heterocycles. The van der Waals surface area contributed by atoms with Gasteiger partial charge in [0.15, 0.2) is 0 Å². The fourth-order valence-electron chi connectivity index (χ4n) is 2.18. The smallest absolute Gasteiger partial charge is 0.210 e. The molecule has 0 amide bonds. The van der Waals surface area contributed by atoms with E-state index in [9.17, 15) is 0 Å². The largest absolute Gasteiger partial charge is 0.476 e. The normalized spacial score (nSPS) is 14.5. The van der Waals surface area contributed by atoms with Gasteiger partial charge < -0.3 is 10.1 Å². The van der Waals surface area contributed by atoms with E-state index in [0.717, 1.165) is 28.0 Å². The molecule has 0 radical (unpaired) electrons. The molecule has 112 valence electrons. The monoisotopic (exact) mass is 356 g/mol. The summed E-state index contributed by atoms with van der Waals surface area (Å²) in [6.07, 6.45) is 1.96. The minimum atomic E-state index is 0.658. The molecular weight excluding hydrogens is 340 g/mol. The Kier molecular flexibility index (Phi) is 4.59. The zero-order chi connectivity index (χ0) is 15.4. The van der Waals surface area contributed by atoms with Gasteiger partial charge in [-0.1, -0.05) is 45.8 Å². The molecule has 0 aliphatic carbocycles. The first-order valence-corrected chi connectivity index (χ1v) is 7.98. The number of aliphatic imine (C=N–C) groups is 1. The molecule has 1 N–H and O–H groups in total. The summed E-state index contributed by atoms with van der Waals surface area (Å²) in [4.78, 5) is 4.34. The van der Waals surface area contributed by atoms with Gasteiger partial charge in [0.25, 0.3) is 0 Å². The number of benzene rings is 2. The Morgan fingerprint density at radius 2 is 1.86 bits per heavy atom. The highest BCUT2D eigenvalue weighted by molar-refractivity contribution is 9.10. The molecule has 3 nitrogen and oxygen atoms in total. The summed E-state index contributed by atoms with van der Waals surface area (Å²) in [7, 11) is 0. The van der Waals surface area contributed by atoms with Gasteiger partial charge >= 0.3 is 0 Å². The second-order valence-corrected chi connectivity index (χ2v) is 6.04. The lowest BCUT2D eigenvalue weighted by molar-refractivity contribution is 0.350. The van der Waals surface area contributed by atoms with E-state index in [1.165, 1.54) is 5.56 Å². The lowest BCUT2D eigenvalue weighted by atomic mass is 10.1. The zero-order valence-electron chi connectivity index (χ0n) is 12.3. The van der Waals surface area contributed by atoms with Crippen LogP contribution in [0.1, 0.15) is 11.1 Å². The Morgan fingerprint density at radius 3 is 2.50 bits per heavy atom. The number of ether oxygens (including phenoxy) is 1. The van der Waals surface area contributed by atoms with E-state index in [2.05, 4.69) is 57.4 Å². The number of hydrogen-bond donors (Lipinski definition) is 1. The van der Waals surface area contributed by atoms with Crippen molar-refractivity contribution in [3.63, 3.8) is 0 Å². The number of anilines is 1. The maximum absolute atomic E-state index is 5.51. The van der Waals surface area contributed by atoms with Gasteiger partial charge in [0.1, 0.15) is 6.61 Å². The maximum Gasteiger partial charge on any atom is 0.210 e.